The topological polar surface area (TPSA) is 61.9 Å². The first-order chi connectivity index (χ1) is 20.9. The number of fused-ring (bicyclic) bond motifs is 21. The molecule has 252 valence electrons. The van der Waals surface area contributed by atoms with E-state index in [4.69, 9.17) is 28.4 Å². The lowest BCUT2D eigenvalue weighted by Gasteiger charge is -2.24. The minimum atomic E-state index is 0.632. The second-order valence-electron chi connectivity index (χ2n) is 11.6. The Morgan fingerprint density at radius 2 is 0.476 bits per heavy atom. The van der Waals surface area contributed by atoms with Crippen molar-refractivity contribution in [3.63, 3.8) is 0 Å². The summed E-state index contributed by atoms with van der Waals surface area (Å²) in [4.78, 5) is 4.62. The zero-order chi connectivity index (χ0) is 30.0. The summed E-state index contributed by atoms with van der Waals surface area (Å²) in [6, 6.07) is 0. The second-order valence-corrected chi connectivity index (χ2v) is 11.6. The van der Waals surface area contributed by atoms with Crippen LogP contribution in [-0.4, -0.2) is 128 Å². The van der Waals surface area contributed by atoms with Gasteiger partial charge in [-0.25, -0.2) is 0 Å². The van der Waals surface area contributed by atoms with E-state index in [0.717, 1.165) is 39.3 Å². The van der Waals surface area contributed by atoms with Gasteiger partial charge in [0.2, 0.25) is 0 Å². The third-order valence-corrected chi connectivity index (χ3v) is 7.88. The van der Waals surface area contributed by atoms with Crippen LogP contribution < -0.4 is 0 Å². The molecule has 3 saturated heterocycles. The van der Waals surface area contributed by atoms with E-state index in [-0.39, 0.29) is 0 Å². The lowest BCUT2D eigenvalue weighted by Crippen LogP contribution is -2.36. The summed E-state index contributed by atoms with van der Waals surface area (Å²) in [5, 5.41) is 0. The fraction of sp³-hybridized carbons (Fsp3) is 1.00. The summed E-state index contributed by atoms with van der Waals surface area (Å²) < 4.78 is 34.2. The zero-order valence-electron chi connectivity index (χ0n) is 28.0. The van der Waals surface area contributed by atoms with Crippen LogP contribution in [-0.2, 0) is 28.4 Å². The van der Waals surface area contributed by atoms with Crippen molar-refractivity contribution in [2.75, 3.05) is 119 Å². The standard InChI is InChI=1S/C18H36N2O6.C16H34/c1-7-21-13-14-24-10-4-20-5-11-25-17-15-22-8-2-19(1)3-9-23-16-18-26-12-6-20;1-3-5-7-9-11-13-15-16-14-12-10-8-6-4-2/h1-18H2;3-16H2,1-2H3. The molecule has 3 fully saturated rings. The summed E-state index contributed by atoms with van der Waals surface area (Å²) in [6.45, 7) is 17.8. The first kappa shape index (κ1) is 39.7. The van der Waals surface area contributed by atoms with Crippen molar-refractivity contribution in [1.29, 1.82) is 0 Å². The molecule has 8 heteroatoms. The molecule has 8 nitrogen and oxygen atoms in total. The third kappa shape index (κ3) is 28.5. The van der Waals surface area contributed by atoms with E-state index in [0.29, 0.717) is 79.3 Å². The number of ether oxygens (including phenoxy) is 6. The minimum absolute atomic E-state index is 0.632. The van der Waals surface area contributed by atoms with Gasteiger partial charge in [-0.15, -0.1) is 0 Å². The van der Waals surface area contributed by atoms with Gasteiger partial charge in [-0.1, -0.05) is 104 Å². The highest BCUT2D eigenvalue weighted by Crippen LogP contribution is 2.12. The molecule has 0 aromatic rings. The molecule has 0 aliphatic carbocycles. The van der Waals surface area contributed by atoms with Crippen molar-refractivity contribution < 1.29 is 28.4 Å². The predicted molar refractivity (Wildman–Crippen MR) is 174 cm³/mol. The van der Waals surface area contributed by atoms with Gasteiger partial charge >= 0.3 is 0 Å². The van der Waals surface area contributed by atoms with Crippen LogP contribution in [0, 0.1) is 0 Å². The smallest absolute Gasteiger partial charge is 0.0701 e. The van der Waals surface area contributed by atoms with Crippen LogP contribution in [0.2, 0.25) is 0 Å². The highest BCUT2D eigenvalue weighted by atomic mass is 16.5. The van der Waals surface area contributed by atoms with E-state index in [1.54, 1.807) is 0 Å². The van der Waals surface area contributed by atoms with E-state index in [2.05, 4.69) is 23.6 Å². The van der Waals surface area contributed by atoms with Crippen LogP contribution in [0.25, 0.3) is 0 Å². The quantitative estimate of drug-likeness (QED) is 0.231. The van der Waals surface area contributed by atoms with Gasteiger partial charge in [-0.05, 0) is 0 Å². The first-order valence-electron chi connectivity index (χ1n) is 17.8. The summed E-state index contributed by atoms with van der Waals surface area (Å²) in [5.41, 5.74) is 0. The highest BCUT2D eigenvalue weighted by Gasteiger charge is 2.08. The van der Waals surface area contributed by atoms with Crippen molar-refractivity contribution in [2.45, 2.75) is 104 Å². The molecule has 42 heavy (non-hydrogen) atoms. The molecule has 0 aromatic heterocycles. The average molecular weight is 603 g/mol. The SMILES string of the molecule is C1COCCN2CCOCCOCCN(CCO1)CCOCCOCC2.CCCCCCCCCCCCCCCC. The third-order valence-electron chi connectivity index (χ3n) is 7.88. The lowest BCUT2D eigenvalue weighted by atomic mass is 10.0. The Labute approximate surface area is 260 Å². The van der Waals surface area contributed by atoms with Gasteiger partial charge in [0.25, 0.3) is 0 Å². The molecule has 0 N–H and O–H groups in total. The van der Waals surface area contributed by atoms with Crippen LogP contribution in [0.1, 0.15) is 104 Å². The number of rotatable bonds is 13. The monoisotopic (exact) mass is 603 g/mol. The van der Waals surface area contributed by atoms with Crippen LogP contribution in [0.5, 0.6) is 0 Å². The maximum Gasteiger partial charge on any atom is 0.0701 e. The molecule has 0 unspecified atom stereocenters. The van der Waals surface area contributed by atoms with E-state index in [9.17, 15) is 0 Å². The molecule has 3 aliphatic heterocycles. The molecular formula is C34H70N2O6. The Balaban J connectivity index is 0.000000476. The van der Waals surface area contributed by atoms with Crippen molar-refractivity contribution in [3.8, 4) is 0 Å². The summed E-state index contributed by atoms with van der Waals surface area (Å²) in [5.74, 6) is 0. The van der Waals surface area contributed by atoms with Crippen LogP contribution in [0.4, 0.5) is 0 Å². The van der Waals surface area contributed by atoms with Gasteiger partial charge in [-0.3, -0.25) is 9.80 Å². The second kappa shape index (κ2) is 33.6. The molecular weight excluding hydrogens is 532 g/mol. The van der Waals surface area contributed by atoms with E-state index in [1.165, 1.54) is 89.9 Å². The van der Waals surface area contributed by atoms with Gasteiger partial charge in [0.05, 0.1) is 79.3 Å². The summed E-state index contributed by atoms with van der Waals surface area (Å²) >= 11 is 0. The van der Waals surface area contributed by atoms with Crippen LogP contribution >= 0.6 is 0 Å². The maximum absolute atomic E-state index is 5.70. The molecule has 0 atom stereocenters. The van der Waals surface area contributed by atoms with Gasteiger partial charge in [0, 0.05) is 39.3 Å². The Hall–Kier alpha value is -0.320. The van der Waals surface area contributed by atoms with E-state index in [1.807, 2.05) is 0 Å². The Morgan fingerprint density at radius 1 is 0.286 bits per heavy atom. The van der Waals surface area contributed by atoms with E-state index < -0.39 is 0 Å². The number of nitrogens with zero attached hydrogens (tertiary/aromatic N) is 2. The first-order valence-corrected chi connectivity index (χ1v) is 17.8. The highest BCUT2D eigenvalue weighted by molar-refractivity contribution is 4.60. The number of unbranched alkanes of at least 4 members (excludes halogenated alkanes) is 13. The predicted octanol–water partition coefficient (Wildman–Crippen LogP) is 6.20. The molecule has 0 amide bonds. The van der Waals surface area contributed by atoms with Gasteiger partial charge in [0.15, 0.2) is 0 Å². The average Bonchev–Trinajstić information content (AvgIpc) is 3.00. The largest absolute Gasteiger partial charge is 0.378 e. The molecule has 0 spiro atoms. The van der Waals surface area contributed by atoms with Gasteiger partial charge in [0.1, 0.15) is 0 Å². The molecule has 0 saturated carbocycles. The fourth-order valence-electron chi connectivity index (χ4n) is 5.07. The number of hydrogen-bond acceptors (Lipinski definition) is 8. The Kier molecular flexibility index (Phi) is 31.7. The summed E-state index contributed by atoms with van der Waals surface area (Å²) in [7, 11) is 0. The van der Waals surface area contributed by atoms with Crippen molar-refractivity contribution in [3.05, 3.63) is 0 Å². The van der Waals surface area contributed by atoms with Crippen molar-refractivity contribution >= 4 is 0 Å². The fourth-order valence-corrected chi connectivity index (χ4v) is 5.07. The maximum atomic E-state index is 5.70. The Morgan fingerprint density at radius 3 is 0.667 bits per heavy atom. The van der Waals surface area contributed by atoms with Crippen molar-refractivity contribution in [1.82, 2.24) is 9.80 Å². The van der Waals surface area contributed by atoms with Crippen molar-refractivity contribution in [2.24, 2.45) is 0 Å². The Bertz CT molecular complexity index is 425. The molecule has 0 radical (unpaired) electrons. The summed E-state index contributed by atoms with van der Waals surface area (Å²) in [6.07, 6.45) is 20.4. The van der Waals surface area contributed by atoms with Gasteiger partial charge in [-0.2, -0.15) is 0 Å². The minimum Gasteiger partial charge on any atom is -0.378 e. The van der Waals surface area contributed by atoms with Crippen LogP contribution in [0.3, 0.4) is 0 Å². The molecule has 3 aliphatic rings. The number of hydrogen-bond donors (Lipinski definition) is 0. The molecule has 3 heterocycles. The van der Waals surface area contributed by atoms with E-state index >= 15 is 0 Å². The molecule has 0 aromatic carbocycles. The molecule has 2 bridgehead atoms. The molecule has 3 rings (SSSR count). The zero-order valence-corrected chi connectivity index (χ0v) is 28.0. The van der Waals surface area contributed by atoms with Gasteiger partial charge < -0.3 is 28.4 Å². The normalized spacial score (nSPS) is 23.0. The lowest BCUT2D eigenvalue weighted by molar-refractivity contribution is -0.0103. The van der Waals surface area contributed by atoms with Crippen LogP contribution in [0.15, 0.2) is 0 Å².